The number of halogens is 2. The average molecular weight is 311 g/mol. The maximum absolute atomic E-state index is 6.16. The Morgan fingerprint density at radius 3 is 2.93 bits per heavy atom. The minimum Gasteiger partial charge on any atom is -0.376 e. The monoisotopic (exact) mass is 309 g/mol. The van der Waals surface area contributed by atoms with Gasteiger partial charge in [0.25, 0.3) is 0 Å². The molecule has 0 spiro atoms. The van der Waals surface area contributed by atoms with Crippen molar-refractivity contribution in [2.24, 2.45) is 5.73 Å². The highest BCUT2D eigenvalue weighted by molar-refractivity contribution is 9.10. The summed E-state index contributed by atoms with van der Waals surface area (Å²) in [6, 6.07) is 1.95. The Bertz CT molecular complexity index is 319. The summed E-state index contributed by atoms with van der Waals surface area (Å²) in [6.07, 6.45) is 3.56. The lowest BCUT2D eigenvalue weighted by atomic mass is 10.0. The number of ether oxygens (including phenoxy) is 1. The van der Waals surface area contributed by atoms with Crippen molar-refractivity contribution in [2.75, 3.05) is 6.61 Å². The zero-order valence-electron chi connectivity index (χ0n) is 8.21. The molecule has 2 rings (SSSR count). The number of rotatable bonds is 2. The summed E-state index contributed by atoms with van der Waals surface area (Å²) in [5.41, 5.74) is 6.16. The molecule has 0 aromatic carbocycles. The third kappa shape index (κ3) is 2.74. The average Bonchev–Trinajstić information content (AvgIpc) is 2.59. The smallest absolute Gasteiger partial charge is 0.107 e. The van der Waals surface area contributed by atoms with Crippen LogP contribution in [-0.4, -0.2) is 12.7 Å². The highest BCUT2D eigenvalue weighted by Gasteiger charge is 2.24. The van der Waals surface area contributed by atoms with Gasteiger partial charge in [0.15, 0.2) is 0 Å². The summed E-state index contributed by atoms with van der Waals surface area (Å²) in [5, 5.41) is 0. The number of hydrogen-bond acceptors (Lipinski definition) is 3. The van der Waals surface area contributed by atoms with E-state index in [4.69, 9.17) is 22.1 Å². The van der Waals surface area contributed by atoms with E-state index in [0.29, 0.717) is 0 Å². The topological polar surface area (TPSA) is 35.2 Å². The summed E-state index contributed by atoms with van der Waals surface area (Å²) in [4.78, 5) is 1.10. The number of nitrogens with two attached hydrogens (primary N) is 1. The van der Waals surface area contributed by atoms with Crippen LogP contribution in [0.1, 0.15) is 30.2 Å². The Labute approximate surface area is 107 Å². The summed E-state index contributed by atoms with van der Waals surface area (Å²) in [5.74, 6) is 0. The summed E-state index contributed by atoms with van der Waals surface area (Å²) in [7, 11) is 0. The lowest BCUT2D eigenvalue weighted by Crippen LogP contribution is -2.31. The van der Waals surface area contributed by atoms with Crippen LogP contribution in [0.15, 0.2) is 10.5 Å². The van der Waals surface area contributed by atoms with Gasteiger partial charge in [-0.15, -0.1) is 11.3 Å². The van der Waals surface area contributed by atoms with Crippen molar-refractivity contribution in [1.82, 2.24) is 0 Å². The fourth-order valence-corrected chi connectivity index (χ4v) is 3.55. The van der Waals surface area contributed by atoms with E-state index in [1.165, 1.54) is 17.8 Å². The SMILES string of the molecule is NC(c1cc(Br)c(Cl)s1)C1CCCCO1. The Kier molecular flexibility index (Phi) is 4.07. The lowest BCUT2D eigenvalue weighted by Gasteiger charge is -2.27. The lowest BCUT2D eigenvalue weighted by molar-refractivity contribution is 0.000664. The molecule has 0 radical (unpaired) electrons. The van der Waals surface area contributed by atoms with Gasteiger partial charge in [-0.3, -0.25) is 0 Å². The van der Waals surface area contributed by atoms with Crippen molar-refractivity contribution in [3.05, 3.63) is 19.8 Å². The van der Waals surface area contributed by atoms with Crippen LogP contribution >= 0.6 is 38.9 Å². The second-order valence-corrected chi connectivity index (χ2v) is 6.24. The van der Waals surface area contributed by atoms with Crippen LogP contribution < -0.4 is 5.73 Å². The first-order valence-corrected chi connectivity index (χ1v) is 6.99. The van der Waals surface area contributed by atoms with Gasteiger partial charge in [0.1, 0.15) is 4.34 Å². The molecule has 1 aliphatic rings. The molecular weight excluding hydrogens is 298 g/mol. The van der Waals surface area contributed by atoms with E-state index in [1.54, 1.807) is 0 Å². The normalized spacial score (nSPS) is 24.1. The van der Waals surface area contributed by atoms with Crippen LogP contribution in [0.4, 0.5) is 0 Å². The molecule has 1 aromatic rings. The molecule has 0 bridgehead atoms. The minimum atomic E-state index is -0.0425. The van der Waals surface area contributed by atoms with E-state index in [1.807, 2.05) is 6.07 Å². The molecule has 2 atom stereocenters. The second-order valence-electron chi connectivity index (χ2n) is 3.70. The first-order valence-electron chi connectivity index (χ1n) is 5.00. The van der Waals surface area contributed by atoms with Crippen LogP contribution in [0, 0.1) is 0 Å². The molecule has 1 aliphatic heterocycles. The molecule has 2 N–H and O–H groups in total. The van der Waals surface area contributed by atoms with Gasteiger partial charge in [-0.25, -0.2) is 0 Å². The van der Waals surface area contributed by atoms with E-state index in [-0.39, 0.29) is 12.1 Å². The van der Waals surface area contributed by atoms with E-state index in [0.717, 1.165) is 33.1 Å². The van der Waals surface area contributed by atoms with Crippen molar-refractivity contribution in [2.45, 2.75) is 31.4 Å². The highest BCUT2D eigenvalue weighted by atomic mass is 79.9. The van der Waals surface area contributed by atoms with E-state index >= 15 is 0 Å². The van der Waals surface area contributed by atoms with Gasteiger partial charge in [-0.05, 0) is 41.3 Å². The molecule has 15 heavy (non-hydrogen) atoms. The number of thiophene rings is 1. The van der Waals surface area contributed by atoms with Gasteiger partial charge in [0.2, 0.25) is 0 Å². The molecule has 1 aromatic heterocycles. The number of hydrogen-bond donors (Lipinski definition) is 1. The molecule has 0 saturated carbocycles. The third-order valence-corrected chi connectivity index (χ3v) is 5.18. The molecule has 2 unspecified atom stereocenters. The van der Waals surface area contributed by atoms with Gasteiger partial charge < -0.3 is 10.5 Å². The summed E-state index contributed by atoms with van der Waals surface area (Å²) in [6.45, 7) is 0.832. The first kappa shape index (κ1) is 11.9. The standard InChI is InChI=1S/C10H13BrClNOS/c11-6-5-8(15-10(6)12)9(13)7-3-1-2-4-14-7/h5,7,9H,1-4,13H2. The van der Waals surface area contributed by atoms with Gasteiger partial charge in [-0.2, -0.15) is 0 Å². The first-order chi connectivity index (χ1) is 7.18. The van der Waals surface area contributed by atoms with E-state index < -0.39 is 0 Å². The van der Waals surface area contributed by atoms with Gasteiger partial charge in [0, 0.05) is 16.0 Å². The molecule has 0 aliphatic carbocycles. The molecule has 1 saturated heterocycles. The fraction of sp³-hybridized carbons (Fsp3) is 0.600. The summed E-state index contributed by atoms with van der Waals surface area (Å²) >= 11 is 10.9. The zero-order valence-corrected chi connectivity index (χ0v) is 11.4. The fourth-order valence-electron chi connectivity index (χ4n) is 1.76. The van der Waals surface area contributed by atoms with Crippen molar-refractivity contribution in [1.29, 1.82) is 0 Å². The predicted octanol–water partition coefficient (Wildman–Crippen LogP) is 3.73. The van der Waals surface area contributed by atoms with Crippen molar-refractivity contribution in [3.63, 3.8) is 0 Å². The Morgan fingerprint density at radius 1 is 1.60 bits per heavy atom. The van der Waals surface area contributed by atoms with Gasteiger partial charge in [0.05, 0.1) is 12.1 Å². The molecule has 84 valence electrons. The second kappa shape index (κ2) is 5.15. The Balaban J connectivity index is 2.08. The van der Waals surface area contributed by atoms with Crippen LogP contribution in [0.25, 0.3) is 0 Å². The zero-order chi connectivity index (χ0) is 10.8. The van der Waals surface area contributed by atoms with E-state index in [9.17, 15) is 0 Å². The molecule has 5 heteroatoms. The Morgan fingerprint density at radius 2 is 2.40 bits per heavy atom. The van der Waals surface area contributed by atoms with Crippen LogP contribution in [0.5, 0.6) is 0 Å². The van der Waals surface area contributed by atoms with Crippen molar-refractivity contribution < 1.29 is 4.74 Å². The van der Waals surface area contributed by atoms with Crippen molar-refractivity contribution >= 4 is 38.9 Å². The largest absolute Gasteiger partial charge is 0.376 e. The molecule has 2 heterocycles. The quantitative estimate of drug-likeness (QED) is 0.903. The van der Waals surface area contributed by atoms with Crippen molar-refractivity contribution in [3.8, 4) is 0 Å². The highest BCUT2D eigenvalue weighted by Crippen LogP contribution is 2.37. The Hall–Kier alpha value is 0.390. The maximum atomic E-state index is 6.16. The van der Waals surface area contributed by atoms with Gasteiger partial charge >= 0.3 is 0 Å². The third-order valence-electron chi connectivity index (χ3n) is 2.61. The van der Waals surface area contributed by atoms with Crippen LogP contribution in [0.2, 0.25) is 4.34 Å². The van der Waals surface area contributed by atoms with Gasteiger partial charge in [-0.1, -0.05) is 11.6 Å². The summed E-state index contributed by atoms with van der Waals surface area (Å²) < 4.78 is 7.35. The molecule has 0 amide bonds. The van der Waals surface area contributed by atoms with E-state index in [2.05, 4.69) is 15.9 Å². The maximum Gasteiger partial charge on any atom is 0.107 e. The molecule has 2 nitrogen and oxygen atoms in total. The molecule has 1 fully saturated rings. The van der Waals surface area contributed by atoms with Crippen LogP contribution in [-0.2, 0) is 4.74 Å². The minimum absolute atomic E-state index is 0.0425. The molecular formula is C10H13BrClNOS. The predicted molar refractivity (Wildman–Crippen MR) is 67.5 cm³/mol. The van der Waals surface area contributed by atoms with Crippen LogP contribution in [0.3, 0.4) is 0 Å².